The van der Waals surface area contributed by atoms with Crippen molar-refractivity contribution in [2.75, 3.05) is 13.2 Å². The molecule has 3 amide bonds. The summed E-state index contributed by atoms with van der Waals surface area (Å²) in [4.78, 5) is 24.6. The average Bonchev–Trinajstić information content (AvgIpc) is 2.45. The molecular formula is C15H21N3O3. The van der Waals surface area contributed by atoms with Crippen LogP contribution < -0.4 is 15.8 Å². The Morgan fingerprint density at radius 3 is 2.86 bits per heavy atom. The van der Waals surface area contributed by atoms with Gasteiger partial charge in [-0.05, 0) is 43.5 Å². The molecule has 3 N–H and O–H groups in total. The van der Waals surface area contributed by atoms with Crippen molar-refractivity contribution in [3.63, 3.8) is 0 Å². The second-order valence-electron chi connectivity index (χ2n) is 5.11. The van der Waals surface area contributed by atoms with Crippen molar-refractivity contribution in [1.29, 1.82) is 0 Å². The average molecular weight is 291 g/mol. The molecule has 1 heterocycles. The Hall–Kier alpha value is -2.08. The summed E-state index contributed by atoms with van der Waals surface area (Å²) in [5.41, 5.74) is 7.42. The summed E-state index contributed by atoms with van der Waals surface area (Å²) >= 11 is 0. The molecule has 0 radical (unpaired) electrons. The predicted octanol–water partition coefficient (Wildman–Crippen LogP) is 1.03. The third-order valence-electron chi connectivity index (χ3n) is 3.70. The van der Waals surface area contributed by atoms with Crippen LogP contribution in [0.5, 0.6) is 5.75 Å². The van der Waals surface area contributed by atoms with Crippen LogP contribution in [0.2, 0.25) is 0 Å². The molecule has 1 aliphatic heterocycles. The van der Waals surface area contributed by atoms with E-state index in [0.717, 1.165) is 24.3 Å². The van der Waals surface area contributed by atoms with Crippen molar-refractivity contribution >= 4 is 11.9 Å². The van der Waals surface area contributed by atoms with Crippen molar-refractivity contribution < 1.29 is 14.3 Å². The molecule has 2 rings (SSSR count). The normalized spacial score (nSPS) is 15.9. The smallest absolute Gasteiger partial charge is 0.318 e. The first-order valence-electron chi connectivity index (χ1n) is 7.10. The van der Waals surface area contributed by atoms with Crippen LogP contribution in [0.25, 0.3) is 0 Å². The molecule has 21 heavy (non-hydrogen) atoms. The van der Waals surface area contributed by atoms with Gasteiger partial charge in [0.2, 0.25) is 5.91 Å². The quantitative estimate of drug-likeness (QED) is 0.867. The molecule has 6 nitrogen and oxygen atoms in total. The van der Waals surface area contributed by atoms with E-state index in [4.69, 9.17) is 10.5 Å². The number of primary amides is 1. The van der Waals surface area contributed by atoms with Gasteiger partial charge in [0.15, 0.2) is 0 Å². The van der Waals surface area contributed by atoms with Gasteiger partial charge in [0.05, 0.1) is 12.6 Å². The van der Waals surface area contributed by atoms with E-state index in [1.807, 2.05) is 24.0 Å². The fourth-order valence-corrected chi connectivity index (χ4v) is 2.53. The van der Waals surface area contributed by atoms with Crippen LogP contribution >= 0.6 is 0 Å². The number of nitrogens with two attached hydrogens (primary N) is 1. The Morgan fingerprint density at radius 2 is 2.19 bits per heavy atom. The van der Waals surface area contributed by atoms with E-state index in [1.54, 1.807) is 6.92 Å². The van der Waals surface area contributed by atoms with Crippen molar-refractivity contribution in [2.24, 2.45) is 5.73 Å². The van der Waals surface area contributed by atoms with Gasteiger partial charge in [0, 0.05) is 13.1 Å². The fourth-order valence-electron chi connectivity index (χ4n) is 2.53. The van der Waals surface area contributed by atoms with Crippen molar-refractivity contribution in [2.45, 2.75) is 32.9 Å². The predicted molar refractivity (Wildman–Crippen MR) is 78.9 cm³/mol. The number of rotatable bonds is 4. The van der Waals surface area contributed by atoms with E-state index in [2.05, 4.69) is 11.4 Å². The molecule has 0 fully saturated rings. The Labute approximate surface area is 124 Å². The van der Waals surface area contributed by atoms with Gasteiger partial charge < -0.3 is 10.5 Å². The van der Waals surface area contributed by atoms with E-state index in [9.17, 15) is 9.59 Å². The molecule has 6 heteroatoms. The molecule has 0 spiro atoms. The topological polar surface area (TPSA) is 84.7 Å². The summed E-state index contributed by atoms with van der Waals surface area (Å²) in [6, 6.07) is 4.85. The van der Waals surface area contributed by atoms with E-state index >= 15 is 0 Å². The van der Waals surface area contributed by atoms with Crippen LogP contribution in [0, 0.1) is 0 Å². The Kier molecular flexibility index (Phi) is 4.80. The summed E-state index contributed by atoms with van der Waals surface area (Å²) in [6.45, 7) is 5.77. The van der Waals surface area contributed by atoms with Crippen molar-refractivity contribution in [3.8, 4) is 5.75 Å². The number of hydrogen-bond donors (Lipinski definition) is 2. The Morgan fingerprint density at radius 1 is 1.43 bits per heavy atom. The Balaban J connectivity index is 2.08. The summed E-state index contributed by atoms with van der Waals surface area (Å²) < 4.78 is 5.51. The zero-order chi connectivity index (χ0) is 15.4. The lowest BCUT2D eigenvalue weighted by Gasteiger charge is -2.32. The zero-order valence-corrected chi connectivity index (χ0v) is 12.4. The summed E-state index contributed by atoms with van der Waals surface area (Å²) in [6.07, 6.45) is 0.871. The maximum Gasteiger partial charge on any atom is 0.318 e. The standard InChI is InChI=1S/C15H21N3O3/c1-3-21-13-5-4-11-6-7-18(9-12(11)8-13)10(2)14(19)17-15(16)20/h4-5,8,10H,3,6-7,9H2,1-2H3,(H3,16,17,19,20). The molecular weight excluding hydrogens is 270 g/mol. The fraction of sp³-hybridized carbons (Fsp3) is 0.467. The molecule has 0 saturated carbocycles. The van der Waals surface area contributed by atoms with Crippen LogP contribution in [0.15, 0.2) is 18.2 Å². The number of nitrogens with one attached hydrogen (secondary N) is 1. The van der Waals surface area contributed by atoms with Gasteiger partial charge in [-0.1, -0.05) is 6.07 Å². The second kappa shape index (κ2) is 6.58. The number of benzene rings is 1. The summed E-state index contributed by atoms with van der Waals surface area (Å²) in [5, 5.41) is 2.13. The molecule has 1 unspecified atom stereocenters. The SMILES string of the molecule is CCOc1ccc2c(c1)CN(C(C)C(=O)NC(N)=O)CC2. The van der Waals surface area contributed by atoms with Gasteiger partial charge in [0.25, 0.3) is 0 Å². The van der Waals surface area contributed by atoms with Crippen LogP contribution in [-0.4, -0.2) is 36.0 Å². The van der Waals surface area contributed by atoms with E-state index in [1.165, 1.54) is 5.56 Å². The number of urea groups is 1. The minimum Gasteiger partial charge on any atom is -0.494 e. The first-order chi connectivity index (χ1) is 10.0. The molecule has 0 saturated heterocycles. The second-order valence-corrected chi connectivity index (χ2v) is 5.11. The highest BCUT2D eigenvalue weighted by Crippen LogP contribution is 2.25. The third kappa shape index (κ3) is 3.72. The van der Waals surface area contributed by atoms with E-state index in [-0.39, 0.29) is 5.91 Å². The van der Waals surface area contributed by atoms with Crippen LogP contribution in [0.4, 0.5) is 4.79 Å². The molecule has 1 aromatic rings. The van der Waals surface area contributed by atoms with E-state index in [0.29, 0.717) is 13.2 Å². The van der Waals surface area contributed by atoms with Crippen LogP contribution in [0.3, 0.4) is 0 Å². The van der Waals surface area contributed by atoms with Crippen molar-refractivity contribution in [1.82, 2.24) is 10.2 Å². The highest BCUT2D eigenvalue weighted by atomic mass is 16.5. The lowest BCUT2D eigenvalue weighted by Crippen LogP contribution is -2.49. The zero-order valence-electron chi connectivity index (χ0n) is 12.4. The molecule has 1 aliphatic rings. The number of imide groups is 1. The van der Waals surface area contributed by atoms with Gasteiger partial charge in [-0.3, -0.25) is 15.0 Å². The number of nitrogens with zero attached hydrogens (tertiary/aromatic N) is 1. The molecule has 0 bridgehead atoms. The highest BCUT2D eigenvalue weighted by molar-refractivity contribution is 5.96. The highest BCUT2D eigenvalue weighted by Gasteiger charge is 2.26. The van der Waals surface area contributed by atoms with Gasteiger partial charge in [-0.15, -0.1) is 0 Å². The minimum atomic E-state index is -0.817. The minimum absolute atomic E-state index is 0.369. The van der Waals surface area contributed by atoms with Crippen LogP contribution in [0.1, 0.15) is 25.0 Å². The summed E-state index contributed by atoms with van der Waals surface area (Å²) in [7, 11) is 0. The van der Waals surface area contributed by atoms with Gasteiger partial charge in [-0.25, -0.2) is 4.79 Å². The monoisotopic (exact) mass is 291 g/mol. The number of hydrogen-bond acceptors (Lipinski definition) is 4. The maximum atomic E-state index is 11.9. The maximum absolute atomic E-state index is 11.9. The molecule has 1 atom stereocenters. The largest absolute Gasteiger partial charge is 0.494 e. The van der Waals surface area contributed by atoms with Gasteiger partial charge in [0.1, 0.15) is 5.75 Å². The lowest BCUT2D eigenvalue weighted by atomic mass is 9.98. The molecule has 0 aliphatic carbocycles. The molecule has 0 aromatic heterocycles. The van der Waals surface area contributed by atoms with Crippen molar-refractivity contribution in [3.05, 3.63) is 29.3 Å². The number of carbonyl (C=O) groups excluding carboxylic acids is 2. The van der Waals surface area contributed by atoms with Gasteiger partial charge in [-0.2, -0.15) is 0 Å². The number of carbonyl (C=O) groups is 2. The first-order valence-corrected chi connectivity index (χ1v) is 7.10. The number of fused-ring (bicyclic) bond motifs is 1. The summed E-state index contributed by atoms with van der Waals surface area (Å²) in [5.74, 6) is 0.472. The Bertz CT molecular complexity index is 545. The lowest BCUT2D eigenvalue weighted by molar-refractivity contribution is -0.125. The first kappa shape index (κ1) is 15.3. The molecule has 114 valence electrons. The number of amides is 3. The van der Waals surface area contributed by atoms with Gasteiger partial charge >= 0.3 is 6.03 Å². The number of ether oxygens (including phenoxy) is 1. The third-order valence-corrected chi connectivity index (χ3v) is 3.70. The van der Waals surface area contributed by atoms with Crippen LogP contribution in [-0.2, 0) is 17.8 Å². The molecule has 1 aromatic carbocycles. The van der Waals surface area contributed by atoms with E-state index < -0.39 is 12.1 Å².